The van der Waals surface area contributed by atoms with E-state index in [0.717, 1.165) is 30.6 Å². The molecule has 3 aromatic rings. The van der Waals surface area contributed by atoms with Crippen LogP contribution in [0.5, 0.6) is 11.5 Å². The number of phenolic OH excluding ortho intramolecular Hbond substituents is 2. The average molecular weight is 515 g/mol. The summed E-state index contributed by atoms with van der Waals surface area (Å²) in [6.07, 6.45) is 1.12. The summed E-state index contributed by atoms with van der Waals surface area (Å²) in [5.41, 5.74) is 3.10. The lowest BCUT2D eigenvalue weighted by Gasteiger charge is -2.33. The maximum Gasteiger partial charge on any atom is 0.342 e. The molecule has 0 bridgehead atoms. The molecule has 1 heterocycles. The first-order valence-corrected chi connectivity index (χ1v) is 12.6. The fourth-order valence-electron chi connectivity index (χ4n) is 3.81. The van der Waals surface area contributed by atoms with Crippen molar-refractivity contribution in [3.8, 4) is 11.5 Å². The highest BCUT2D eigenvalue weighted by Crippen LogP contribution is 2.48. The number of anilines is 2. The number of aryl methyl sites for hydroxylation is 1. The Hall–Kier alpha value is -2.87. The molecule has 0 atom stereocenters. The Morgan fingerprint density at radius 2 is 1.77 bits per heavy atom. The molecule has 0 spiro atoms. The van der Waals surface area contributed by atoms with Crippen molar-refractivity contribution in [1.29, 1.82) is 0 Å². The zero-order valence-corrected chi connectivity index (χ0v) is 22.0. The van der Waals surface area contributed by atoms with Crippen LogP contribution in [0.2, 0.25) is 5.02 Å². The normalized spacial score (nSPS) is 11.9. The largest absolute Gasteiger partial charge is 0.508 e. The molecule has 0 amide bonds. The summed E-state index contributed by atoms with van der Waals surface area (Å²) >= 11 is 8.03. The molecule has 3 aromatic carbocycles. The van der Waals surface area contributed by atoms with Crippen molar-refractivity contribution in [1.82, 2.24) is 4.90 Å². The highest BCUT2D eigenvalue weighted by molar-refractivity contribution is 7.99. The van der Waals surface area contributed by atoms with Crippen LogP contribution in [-0.4, -0.2) is 54.9 Å². The smallest absolute Gasteiger partial charge is 0.342 e. The maximum absolute atomic E-state index is 11.3. The topological polar surface area (TPSA) is 73.2 Å². The predicted octanol–water partition coefficient (Wildman–Crippen LogP) is 6.48. The molecular weight excluding hydrogens is 484 g/mol. The lowest BCUT2D eigenvalue weighted by Crippen LogP contribution is -2.25. The van der Waals surface area contributed by atoms with Crippen LogP contribution >= 0.6 is 23.4 Å². The molecule has 4 rings (SSSR count). The van der Waals surface area contributed by atoms with E-state index in [2.05, 4.69) is 60.3 Å². The first kappa shape index (κ1) is 26.7. The third kappa shape index (κ3) is 6.84. The van der Waals surface area contributed by atoms with Gasteiger partial charge in [0.25, 0.3) is 0 Å². The van der Waals surface area contributed by atoms with Crippen molar-refractivity contribution in [2.45, 2.75) is 30.1 Å². The van der Waals surface area contributed by atoms with E-state index in [4.69, 9.17) is 21.4 Å². The minimum atomic E-state index is -0.581. The first-order chi connectivity index (χ1) is 16.7. The quantitative estimate of drug-likeness (QED) is 0.365. The number of aromatic hydroxyl groups is 2. The molecule has 0 aliphatic carbocycles. The summed E-state index contributed by atoms with van der Waals surface area (Å²) in [5.74, 6) is -0.920. The number of hydrogen-bond donors (Lipinski definition) is 2. The number of rotatable bonds is 6. The standard InChI is InChI=1S/C17H19ClN2S.C10H12O4/c1-19(2)10-5-11-20-14-6-3-4-7-16(14)21-17-9-8-13(18)12-15(17)20;1-3-14-10(13)9-6(2)4-7(11)5-8(9)12/h3-4,6-9,12H,5,10-11H2,1-2H3;4-5,11-12H,3H2,1-2H3. The Morgan fingerprint density at radius 3 is 2.46 bits per heavy atom. The fourth-order valence-corrected chi connectivity index (χ4v) is 5.05. The molecule has 8 heteroatoms. The van der Waals surface area contributed by atoms with E-state index >= 15 is 0 Å². The van der Waals surface area contributed by atoms with Crippen molar-refractivity contribution < 1.29 is 19.7 Å². The number of benzene rings is 3. The van der Waals surface area contributed by atoms with E-state index in [1.165, 1.54) is 27.2 Å². The minimum Gasteiger partial charge on any atom is -0.508 e. The van der Waals surface area contributed by atoms with Crippen molar-refractivity contribution in [3.05, 3.63) is 70.7 Å². The average Bonchev–Trinajstić information content (AvgIpc) is 2.78. The predicted molar refractivity (Wildman–Crippen MR) is 143 cm³/mol. The minimum absolute atomic E-state index is 0.0759. The Balaban J connectivity index is 0.000000214. The zero-order chi connectivity index (χ0) is 25.5. The van der Waals surface area contributed by atoms with Gasteiger partial charge in [0, 0.05) is 27.4 Å². The number of carbonyl (C=O) groups is 1. The Morgan fingerprint density at radius 1 is 1.06 bits per heavy atom. The highest BCUT2D eigenvalue weighted by Gasteiger charge is 2.23. The number of phenols is 2. The monoisotopic (exact) mass is 514 g/mol. The number of para-hydroxylation sites is 1. The summed E-state index contributed by atoms with van der Waals surface area (Å²) in [5, 5.41) is 19.3. The fraction of sp³-hybridized carbons (Fsp3) is 0.296. The van der Waals surface area contributed by atoms with Crippen LogP contribution in [0.4, 0.5) is 11.4 Å². The summed E-state index contributed by atoms with van der Waals surface area (Å²) in [6.45, 7) is 5.64. The van der Waals surface area contributed by atoms with E-state index in [9.17, 15) is 9.90 Å². The highest BCUT2D eigenvalue weighted by atomic mass is 35.5. The SMILES string of the molecule is CCOC(=O)c1c(C)cc(O)cc1O.CN(C)CCCN1c2ccccc2Sc2ccc(Cl)cc21. The van der Waals surface area contributed by atoms with Crippen LogP contribution in [-0.2, 0) is 4.74 Å². The van der Waals surface area contributed by atoms with Crippen molar-refractivity contribution >= 4 is 40.7 Å². The van der Waals surface area contributed by atoms with Gasteiger partial charge < -0.3 is 24.7 Å². The van der Waals surface area contributed by atoms with E-state index in [0.29, 0.717) is 5.56 Å². The van der Waals surface area contributed by atoms with Gasteiger partial charge >= 0.3 is 5.97 Å². The maximum atomic E-state index is 11.3. The number of fused-ring (bicyclic) bond motifs is 2. The number of carbonyl (C=O) groups excluding carboxylic acids is 1. The van der Waals surface area contributed by atoms with Crippen LogP contribution in [0.25, 0.3) is 0 Å². The molecule has 186 valence electrons. The van der Waals surface area contributed by atoms with Crippen LogP contribution in [0.1, 0.15) is 29.3 Å². The first-order valence-electron chi connectivity index (χ1n) is 11.4. The van der Waals surface area contributed by atoms with Gasteiger partial charge in [0.15, 0.2) is 0 Å². The molecule has 35 heavy (non-hydrogen) atoms. The molecule has 0 saturated heterocycles. The lowest BCUT2D eigenvalue weighted by molar-refractivity contribution is 0.0522. The number of nitrogens with zero attached hydrogens (tertiary/aromatic N) is 2. The summed E-state index contributed by atoms with van der Waals surface area (Å²) < 4.78 is 4.75. The number of hydrogen-bond acceptors (Lipinski definition) is 7. The van der Waals surface area contributed by atoms with Crippen molar-refractivity contribution in [2.75, 3.05) is 38.7 Å². The second-order valence-electron chi connectivity index (χ2n) is 8.37. The summed E-state index contributed by atoms with van der Waals surface area (Å²) in [6, 6.07) is 17.3. The lowest BCUT2D eigenvalue weighted by atomic mass is 10.1. The van der Waals surface area contributed by atoms with Gasteiger partial charge in [0.1, 0.15) is 17.1 Å². The Bertz CT molecular complexity index is 1160. The number of halogens is 1. The van der Waals surface area contributed by atoms with Crippen LogP contribution < -0.4 is 4.90 Å². The zero-order valence-electron chi connectivity index (χ0n) is 20.4. The molecule has 0 unspecified atom stereocenters. The number of ether oxygens (including phenoxy) is 1. The summed E-state index contributed by atoms with van der Waals surface area (Å²) in [4.78, 5) is 18.6. The molecule has 6 nitrogen and oxygen atoms in total. The van der Waals surface area contributed by atoms with E-state index in [1.54, 1.807) is 13.8 Å². The molecule has 0 radical (unpaired) electrons. The molecular formula is C27H31ClN2O4S. The van der Waals surface area contributed by atoms with Gasteiger partial charge in [0.05, 0.1) is 18.0 Å². The molecule has 0 fully saturated rings. The van der Waals surface area contributed by atoms with Crippen molar-refractivity contribution in [3.63, 3.8) is 0 Å². The van der Waals surface area contributed by atoms with Gasteiger partial charge in [-0.3, -0.25) is 0 Å². The van der Waals surface area contributed by atoms with E-state index in [1.807, 2.05) is 17.8 Å². The molecule has 2 N–H and O–H groups in total. The van der Waals surface area contributed by atoms with Crippen LogP contribution in [0.3, 0.4) is 0 Å². The van der Waals surface area contributed by atoms with Gasteiger partial charge in [-0.2, -0.15) is 0 Å². The molecule has 0 aromatic heterocycles. The summed E-state index contributed by atoms with van der Waals surface area (Å²) in [7, 11) is 4.23. The van der Waals surface area contributed by atoms with E-state index in [-0.39, 0.29) is 23.7 Å². The van der Waals surface area contributed by atoms with Gasteiger partial charge in [-0.25, -0.2) is 4.79 Å². The van der Waals surface area contributed by atoms with E-state index < -0.39 is 5.97 Å². The second-order valence-corrected chi connectivity index (χ2v) is 9.89. The van der Waals surface area contributed by atoms with Gasteiger partial charge in [-0.15, -0.1) is 0 Å². The third-order valence-corrected chi connectivity index (χ3v) is 6.72. The van der Waals surface area contributed by atoms with Crippen LogP contribution in [0, 0.1) is 6.92 Å². The van der Waals surface area contributed by atoms with Crippen molar-refractivity contribution in [2.24, 2.45) is 0 Å². The number of esters is 1. The molecule has 1 aliphatic heterocycles. The molecule has 0 saturated carbocycles. The van der Waals surface area contributed by atoms with Gasteiger partial charge in [-0.1, -0.05) is 35.5 Å². The molecule has 1 aliphatic rings. The second kappa shape index (κ2) is 12.2. The van der Waals surface area contributed by atoms with Crippen LogP contribution in [0.15, 0.2) is 64.4 Å². The Labute approximate surface area is 216 Å². The van der Waals surface area contributed by atoms with Gasteiger partial charge in [-0.05, 0) is 82.9 Å². The third-order valence-electron chi connectivity index (χ3n) is 5.35. The van der Waals surface area contributed by atoms with Gasteiger partial charge in [0.2, 0.25) is 0 Å². The Kier molecular flexibility index (Phi) is 9.32.